The zero-order chi connectivity index (χ0) is 34.9. The minimum atomic E-state index is -1.18. The van der Waals surface area contributed by atoms with Gasteiger partial charge in [-0.1, -0.05) is 54.6 Å². The molecule has 0 saturated carbocycles. The number of halogens is 2. The van der Waals surface area contributed by atoms with E-state index in [4.69, 9.17) is 4.74 Å². The summed E-state index contributed by atoms with van der Waals surface area (Å²) in [6.07, 6.45) is -0.930. The molecule has 1 aliphatic rings. The Balaban J connectivity index is 1.19. The fourth-order valence-corrected chi connectivity index (χ4v) is 6.56. The lowest BCUT2D eigenvalue weighted by Crippen LogP contribution is -2.57. The molecule has 0 bridgehead atoms. The van der Waals surface area contributed by atoms with Gasteiger partial charge in [-0.15, -0.1) is 11.8 Å². The maximum absolute atomic E-state index is 13.6. The first-order valence-electron chi connectivity index (χ1n) is 15.3. The number of aliphatic carboxylic acids is 1. The van der Waals surface area contributed by atoms with Crippen LogP contribution in [0.4, 0.5) is 14.5 Å². The van der Waals surface area contributed by atoms with Crippen LogP contribution in [0, 0.1) is 11.6 Å². The predicted octanol–water partition coefficient (Wildman–Crippen LogP) is 4.50. The first-order chi connectivity index (χ1) is 23.6. The van der Waals surface area contributed by atoms with Crippen molar-refractivity contribution in [2.45, 2.75) is 23.9 Å². The SMILES string of the molecule is O=C(O)CN(Cc1ccccc1)C(=O)CNC(=O)COc1ccc([C@@H]2[C@@H](SCC(O)c3ccc(F)cc3)C(=O)N2c2ccc(F)cc2)cc1. The number of carboxylic acid groups (broad SMARTS) is 1. The average Bonchev–Trinajstić information content (AvgIpc) is 3.10. The number of benzene rings is 4. The summed E-state index contributed by atoms with van der Waals surface area (Å²) in [5.41, 5.74) is 2.50. The Labute approximate surface area is 285 Å². The summed E-state index contributed by atoms with van der Waals surface area (Å²) in [5, 5.41) is 21.8. The molecule has 4 aromatic rings. The van der Waals surface area contributed by atoms with Crippen LogP contribution in [0.15, 0.2) is 103 Å². The van der Waals surface area contributed by atoms with Crippen molar-refractivity contribution in [2.24, 2.45) is 0 Å². The number of hydrogen-bond donors (Lipinski definition) is 3. The number of aliphatic hydroxyl groups is 1. The molecule has 5 rings (SSSR count). The van der Waals surface area contributed by atoms with Gasteiger partial charge in [-0.05, 0) is 65.2 Å². The number of amides is 3. The van der Waals surface area contributed by atoms with Gasteiger partial charge in [0.15, 0.2) is 6.61 Å². The monoisotopic (exact) mass is 689 g/mol. The summed E-state index contributed by atoms with van der Waals surface area (Å²) in [4.78, 5) is 52.5. The van der Waals surface area contributed by atoms with Crippen LogP contribution in [0.5, 0.6) is 5.75 Å². The smallest absolute Gasteiger partial charge is 0.323 e. The molecule has 1 saturated heterocycles. The molecule has 3 N–H and O–H groups in total. The van der Waals surface area contributed by atoms with E-state index < -0.39 is 66.5 Å². The predicted molar refractivity (Wildman–Crippen MR) is 179 cm³/mol. The number of ether oxygens (including phenoxy) is 1. The normalized spacial score (nSPS) is 16.0. The van der Waals surface area contributed by atoms with Gasteiger partial charge in [-0.25, -0.2) is 8.78 Å². The summed E-state index contributed by atoms with van der Waals surface area (Å²) in [6, 6.07) is 26.2. The highest BCUT2D eigenvalue weighted by atomic mass is 32.2. The Morgan fingerprint density at radius 2 is 1.53 bits per heavy atom. The van der Waals surface area contributed by atoms with E-state index in [1.165, 1.54) is 60.3 Å². The lowest BCUT2D eigenvalue weighted by atomic mass is 9.92. The van der Waals surface area contributed by atoms with Crippen LogP contribution in [-0.2, 0) is 25.7 Å². The number of aliphatic hydroxyl groups excluding tert-OH is 1. The molecule has 254 valence electrons. The number of thioether (sulfide) groups is 1. The summed E-state index contributed by atoms with van der Waals surface area (Å²) >= 11 is 1.26. The molecule has 3 amide bonds. The molecule has 0 aromatic heterocycles. The molecule has 10 nitrogen and oxygen atoms in total. The highest BCUT2D eigenvalue weighted by Gasteiger charge is 2.49. The zero-order valence-corrected chi connectivity index (χ0v) is 26.9. The Kier molecular flexibility index (Phi) is 11.6. The summed E-state index contributed by atoms with van der Waals surface area (Å²) in [5.74, 6) is -2.90. The maximum Gasteiger partial charge on any atom is 0.323 e. The number of carbonyl (C=O) groups excluding carboxylic acids is 3. The lowest BCUT2D eigenvalue weighted by Gasteiger charge is -2.47. The van der Waals surface area contributed by atoms with Gasteiger partial charge in [-0.2, -0.15) is 0 Å². The molecule has 0 radical (unpaired) electrons. The molecule has 1 aliphatic heterocycles. The quantitative estimate of drug-likeness (QED) is 0.155. The van der Waals surface area contributed by atoms with E-state index in [0.29, 0.717) is 17.0 Å². The topological polar surface area (TPSA) is 136 Å². The van der Waals surface area contributed by atoms with Gasteiger partial charge in [0, 0.05) is 18.0 Å². The van der Waals surface area contributed by atoms with E-state index in [1.54, 1.807) is 59.5 Å². The molecule has 1 unspecified atom stereocenters. The van der Waals surface area contributed by atoms with Crippen LogP contribution in [-0.4, -0.2) is 69.5 Å². The Bertz CT molecular complexity index is 1760. The molecule has 4 aromatic carbocycles. The Morgan fingerprint density at radius 1 is 0.898 bits per heavy atom. The standard InChI is InChI=1S/C36H33F2N3O7S/c37-26-10-6-24(7-11-26)30(42)22-49-35-34(41(36(35)47)28-14-12-27(38)13-15-28)25-8-16-29(17-9-25)48-21-31(43)39-18-32(44)40(20-33(45)46)19-23-4-2-1-3-5-23/h1-17,30,34-35,42H,18-22H2,(H,39,43)(H,45,46)/t30?,34-,35-/m1/s1. The molecule has 0 spiro atoms. The molecule has 13 heteroatoms. The average molecular weight is 690 g/mol. The van der Waals surface area contributed by atoms with Crippen LogP contribution in [0.3, 0.4) is 0 Å². The number of nitrogens with zero attached hydrogens (tertiary/aromatic N) is 2. The third kappa shape index (κ3) is 9.21. The first-order valence-corrected chi connectivity index (χ1v) is 16.3. The number of hydrogen-bond acceptors (Lipinski definition) is 7. The summed E-state index contributed by atoms with van der Waals surface area (Å²) < 4.78 is 32.6. The van der Waals surface area contributed by atoms with E-state index in [-0.39, 0.29) is 18.2 Å². The van der Waals surface area contributed by atoms with Crippen molar-refractivity contribution in [3.05, 3.63) is 131 Å². The molecule has 1 fully saturated rings. The Morgan fingerprint density at radius 3 is 2.16 bits per heavy atom. The van der Waals surface area contributed by atoms with E-state index in [0.717, 1.165) is 16.0 Å². The van der Waals surface area contributed by atoms with Gasteiger partial charge < -0.3 is 30.1 Å². The van der Waals surface area contributed by atoms with Crippen molar-refractivity contribution in [3.8, 4) is 5.75 Å². The van der Waals surface area contributed by atoms with E-state index in [1.807, 2.05) is 0 Å². The largest absolute Gasteiger partial charge is 0.484 e. The molecule has 0 aliphatic carbocycles. The van der Waals surface area contributed by atoms with Crippen molar-refractivity contribution in [1.29, 1.82) is 0 Å². The first kappa shape index (κ1) is 35.0. The molecule has 1 heterocycles. The third-order valence-electron chi connectivity index (χ3n) is 7.76. The maximum atomic E-state index is 13.6. The van der Waals surface area contributed by atoms with Crippen molar-refractivity contribution in [3.63, 3.8) is 0 Å². The molecular weight excluding hydrogens is 656 g/mol. The van der Waals surface area contributed by atoms with Gasteiger partial charge in [0.1, 0.15) is 29.2 Å². The third-order valence-corrected chi connectivity index (χ3v) is 9.09. The molecule has 49 heavy (non-hydrogen) atoms. The summed E-state index contributed by atoms with van der Waals surface area (Å²) in [6.45, 7) is -1.27. The van der Waals surface area contributed by atoms with Crippen molar-refractivity contribution < 1.29 is 42.9 Å². The van der Waals surface area contributed by atoms with Crippen molar-refractivity contribution in [1.82, 2.24) is 10.2 Å². The van der Waals surface area contributed by atoms with Crippen LogP contribution >= 0.6 is 11.8 Å². The fraction of sp³-hybridized carbons (Fsp3) is 0.222. The van der Waals surface area contributed by atoms with Gasteiger partial charge >= 0.3 is 5.97 Å². The second-order valence-electron chi connectivity index (χ2n) is 11.2. The van der Waals surface area contributed by atoms with Gasteiger partial charge in [0.25, 0.3) is 5.91 Å². The second-order valence-corrected chi connectivity index (χ2v) is 12.4. The molecule has 3 atom stereocenters. The van der Waals surface area contributed by atoms with Gasteiger partial charge in [0.2, 0.25) is 11.8 Å². The van der Waals surface area contributed by atoms with Gasteiger partial charge in [-0.3, -0.25) is 19.2 Å². The second kappa shape index (κ2) is 16.2. The highest BCUT2D eigenvalue weighted by Crippen LogP contribution is 2.46. The number of carboxylic acids is 1. The highest BCUT2D eigenvalue weighted by molar-refractivity contribution is 8.00. The van der Waals surface area contributed by atoms with Crippen molar-refractivity contribution >= 4 is 41.1 Å². The number of anilines is 1. The van der Waals surface area contributed by atoms with E-state index in [9.17, 15) is 38.2 Å². The molecular formula is C36H33F2N3O7S. The van der Waals surface area contributed by atoms with Crippen LogP contribution in [0.2, 0.25) is 0 Å². The fourth-order valence-electron chi connectivity index (χ4n) is 5.26. The van der Waals surface area contributed by atoms with Gasteiger partial charge in [0.05, 0.1) is 18.7 Å². The van der Waals surface area contributed by atoms with Crippen LogP contribution in [0.1, 0.15) is 28.8 Å². The summed E-state index contributed by atoms with van der Waals surface area (Å²) in [7, 11) is 0. The van der Waals surface area contributed by atoms with E-state index in [2.05, 4.69) is 5.32 Å². The van der Waals surface area contributed by atoms with Crippen LogP contribution < -0.4 is 15.0 Å². The lowest BCUT2D eigenvalue weighted by molar-refractivity contribution is -0.144. The van der Waals surface area contributed by atoms with E-state index >= 15 is 0 Å². The minimum Gasteiger partial charge on any atom is -0.484 e. The van der Waals surface area contributed by atoms with Crippen molar-refractivity contribution in [2.75, 3.05) is 30.3 Å². The zero-order valence-electron chi connectivity index (χ0n) is 26.1. The Hall–Kier alpha value is -5.27. The van der Waals surface area contributed by atoms with Crippen LogP contribution in [0.25, 0.3) is 0 Å². The number of rotatable bonds is 15. The number of β-lactam (4-membered cyclic amide) rings is 1. The minimum absolute atomic E-state index is 0.0735. The number of nitrogens with one attached hydrogen (secondary N) is 1. The number of carbonyl (C=O) groups is 4.